The molecule has 1 aliphatic carbocycles. The van der Waals surface area contributed by atoms with E-state index in [9.17, 15) is 27.2 Å². The second-order valence-electron chi connectivity index (χ2n) is 9.63. The number of hydrogen-bond donors (Lipinski definition) is 1. The van der Waals surface area contributed by atoms with Gasteiger partial charge in [-0.15, -0.1) is 0 Å². The average Bonchev–Trinajstić information content (AvgIpc) is 3.69. The van der Waals surface area contributed by atoms with E-state index in [0.29, 0.717) is 33.9 Å². The number of nitrogens with one attached hydrogen (secondary N) is 1. The highest BCUT2D eigenvalue weighted by Crippen LogP contribution is 2.38. The van der Waals surface area contributed by atoms with Crippen LogP contribution in [0.2, 0.25) is 10.0 Å². The SMILES string of the molecule is Cc1ccc(C(=O)OC(Cc2c(Cl)c[n+]([O-])cc2Cl)c2ccc(OC(F)F)c(OCC3CC3)c2)cc1NS(C)(=O)=O. The van der Waals surface area contributed by atoms with Gasteiger partial charge in [0, 0.05) is 12.0 Å². The molecule has 0 bridgehead atoms. The van der Waals surface area contributed by atoms with Crippen LogP contribution >= 0.6 is 23.2 Å². The number of halogens is 4. The molecule has 1 N–H and O–H groups in total. The fourth-order valence-electron chi connectivity index (χ4n) is 3.92. The molecule has 1 saturated carbocycles. The molecule has 4 rings (SSSR count). The summed E-state index contributed by atoms with van der Waals surface area (Å²) in [5, 5.41) is 11.8. The number of pyridine rings is 1. The molecule has 2 aromatic carbocycles. The Morgan fingerprint density at radius 3 is 2.41 bits per heavy atom. The molecule has 1 fully saturated rings. The van der Waals surface area contributed by atoms with Crippen molar-refractivity contribution in [2.24, 2.45) is 5.92 Å². The maximum absolute atomic E-state index is 13.3. The summed E-state index contributed by atoms with van der Waals surface area (Å²) in [5.74, 6) is -0.660. The fraction of sp³-hybridized carbons (Fsp3) is 0.333. The molecular weight excluding hydrogens is 605 g/mol. The monoisotopic (exact) mass is 630 g/mol. The Bertz CT molecular complexity index is 1530. The number of nitrogens with zero attached hydrogens (tertiary/aromatic N) is 1. The number of carbonyl (C=O) groups excluding carboxylic acids is 1. The highest BCUT2D eigenvalue weighted by molar-refractivity contribution is 7.92. The van der Waals surface area contributed by atoms with E-state index in [1.165, 1.54) is 30.3 Å². The van der Waals surface area contributed by atoms with Crippen LogP contribution in [-0.2, 0) is 21.2 Å². The number of rotatable bonds is 12. The largest absolute Gasteiger partial charge is 0.619 e. The lowest BCUT2D eigenvalue weighted by Gasteiger charge is -2.22. The van der Waals surface area contributed by atoms with Crippen LogP contribution in [0, 0.1) is 18.0 Å². The van der Waals surface area contributed by atoms with Gasteiger partial charge in [0.05, 0.1) is 24.1 Å². The Hall–Kier alpha value is -3.35. The Morgan fingerprint density at radius 2 is 1.80 bits per heavy atom. The highest BCUT2D eigenvalue weighted by Gasteiger charge is 2.27. The fourth-order valence-corrected chi connectivity index (χ4v) is 5.14. The molecule has 1 aliphatic rings. The summed E-state index contributed by atoms with van der Waals surface area (Å²) in [6.45, 7) is -1.12. The molecule has 0 radical (unpaired) electrons. The number of sulfonamides is 1. The van der Waals surface area contributed by atoms with E-state index in [4.69, 9.17) is 32.7 Å². The Morgan fingerprint density at radius 1 is 1.12 bits per heavy atom. The number of benzene rings is 2. The van der Waals surface area contributed by atoms with Crippen molar-refractivity contribution in [1.82, 2.24) is 0 Å². The van der Waals surface area contributed by atoms with Crippen molar-refractivity contribution in [1.29, 1.82) is 0 Å². The van der Waals surface area contributed by atoms with Gasteiger partial charge in [-0.2, -0.15) is 13.5 Å². The van der Waals surface area contributed by atoms with Crippen molar-refractivity contribution < 1.29 is 40.9 Å². The molecule has 1 heterocycles. The quantitative estimate of drug-likeness (QED) is 0.152. The Labute approximate surface area is 245 Å². The van der Waals surface area contributed by atoms with Crippen molar-refractivity contribution in [3.05, 3.63) is 86.3 Å². The second-order valence-corrected chi connectivity index (χ2v) is 12.2. The molecule has 1 aromatic heterocycles. The predicted octanol–water partition coefficient (Wildman–Crippen LogP) is 5.84. The minimum absolute atomic E-state index is 0.0198. The molecular formula is C27H26Cl2F2N2O7S. The molecule has 3 aromatic rings. The summed E-state index contributed by atoms with van der Waals surface area (Å²) >= 11 is 12.6. The van der Waals surface area contributed by atoms with Crippen molar-refractivity contribution in [3.63, 3.8) is 0 Å². The van der Waals surface area contributed by atoms with Gasteiger partial charge in [-0.05, 0) is 61.1 Å². The lowest BCUT2D eigenvalue weighted by molar-refractivity contribution is -0.605. The molecule has 0 amide bonds. The van der Waals surface area contributed by atoms with E-state index in [2.05, 4.69) is 9.46 Å². The van der Waals surface area contributed by atoms with Gasteiger partial charge in [-0.3, -0.25) is 4.72 Å². The average molecular weight is 631 g/mol. The predicted molar refractivity (Wildman–Crippen MR) is 148 cm³/mol. The van der Waals surface area contributed by atoms with Crippen LogP contribution < -0.4 is 18.9 Å². The first kappa shape index (κ1) is 30.6. The molecule has 41 heavy (non-hydrogen) atoms. The molecule has 220 valence electrons. The van der Waals surface area contributed by atoms with Crippen LogP contribution in [0.4, 0.5) is 14.5 Å². The first-order valence-electron chi connectivity index (χ1n) is 12.4. The summed E-state index contributed by atoms with van der Waals surface area (Å²) in [5.41, 5.74) is 1.45. The highest BCUT2D eigenvalue weighted by atomic mass is 35.5. The van der Waals surface area contributed by atoms with Crippen LogP contribution in [0.25, 0.3) is 0 Å². The van der Waals surface area contributed by atoms with Crippen molar-refractivity contribution in [3.8, 4) is 11.5 Å². The van der Waals surface area contributed by atoms with Crippen LogP contribution in [0.1, 0.15) is 46.0 Å². The zero-order chi connectivity index (χ0) is 29.9. The topological polar surface area (TPSA) is 118 Å². The van der Waals surface area contributed by atoms with Gasteiger partial charge in [0.15, 0.2) is 23.9 Å². The van der Waals surface area contributed by atoms with Crippen molar-refractivity contribution in [2.75, 3.05) is 17.6 Å². The van der Waals surface area contributed by atoms with Gasteiger partial charge in [0.25, 0.3) is 0 Å². The molecule has 1 atom stereocenters. The third-order valence-corrected chi connectivity index (χ3v) is 7.43. The van der Waals surface area contributed by atoms with Gasteiger partial charge < -0.3 is 19.4 Å². The van der Waals surface area contributed by atoms with Gasteiger partial charge >= 0.3 is 12.6 Å². The van der Waals surface area contributed by atoms with Crippen LogP contribution in [0.15, 0.2) is 48.8 Å². The van der Waals surface area contributed by atoms with E-state index in [1.54, 1.807) is 13.0 Å². The molecule has 14 heteroatoms. The van der Waals surface area contributed by atoms with Gasteiger partial charge in [0.2, 0.25) is 10.0 Å². The smallest absolute Gasteiger partial charge is 0.387 e. The lowest BCUT2D eigenvalue weighted by Crippen LogP contribution is -2.25. The number of hydrogen-bond acceptors (Lipinski definition) is 7. The third kappa shape index (κ3) is 8.57. The molecule has 9 nitrogen and oxygen atoms in total. The van der Waals surface area contributed by atoms with Gasteiger partial charge in [-0.25, -0.2) is 13.2 Å². The zero-order valence-corrected chi connectivity index (χ0v) is 24.2. The number of alkyl halides is 2. The van der Waals surface area contributed by atoms with Crippen molar-refractivity contribution in [2.45, 2.75) is 38.9 Å². The number of anilines is 1. The summed E-state index contributed by atoms with van der Waals surface area (Å²) in [7, 11) is -3.62. The summed E-state index contributed by atoms with van der Waals surface area (Å²) in [4.78, 5) is 13.3. The third-order valence-electron chi connectivity index (χ3n) is 6.19. The first-order valence-corrected chi connectivity index (χ1v) is 15.0. The Balaban J connectivity index is 1.71. The van der Waals surface area contributed by atoms with Crippen LogP contribution in [-0.4, -0.2) is 33.9 Å². The maximum atomic E-state index is 13.3. The normalized spacial score (nSPS) is 14.0. The van der Waals surface area contributed by atoms with Crippen LogP contribution in [0.3, 0.4) is 0 Å². The minimum Gasteiger partial charge on any atom is -0.619 e. The zero-order valence-electron chi connectivity index (χ0n) is 21.9. The molecule has 1 unspecified atom stereocenters. The van der Waals surface area contributed by atoms with Gasteiger partial charge in [0.1, 0.15) is 16.1 Å². The van der Waals surface area contributed by atoms with E-state index < -0.39 is 28.7 Å². The minimum atomic E-state index is -3.62. The van der Waals surface area contributed by atoms with E-state index in [-0.39, 0.29) is 39.2 Å². The molecule has 0 saturated heterocycles. The summed E-state index contributed by atoms with van der Waals surface area (Å²) in [6, 6.07) is 8.51. The Kier molecular flexibility index (Phi) is 9.45. The van der Waals surface area contributed by atoms with E-state index in [1.807, 2.05) is 0 Å². The number of carbonyl (C=O) groups is 1. The standard InChI is InChI=1S/C27H26Cl2F2N2O7S/c1-15-3-6-18(9-22(15)32-41(2,36)37)26(34)39-24(11-19-20(28)12-33(35)13-21(19)29)17-7-8-23(40-27(30)31)25(10-17)38-14-16-4-5-16/h3,6-10,12-13,16,24,27,32H,4-5,11,14H2,1-2H3. The van der Waals surface area contributed by atoms with Crippen LogP contribution in [0.5, 0.6) is 11.5 Å². The summed E-state index contributed by atoms with van der Waals surface area (Å²) in [6.07, 6.45) is 3.91. The number of aromatic nitrogens is 1. The number of aryl methyl sites for hydroxylation is 1. The summed E-state index contributed by atoms with van der Waals surface area (Å²) < 4.78 is 68.7. The van der Waals surface area contributed by atoms with Gasteiger partial charge in [-0.1, -0.05) is 35.3 Å². The first-order chi connectivity index (χ1) is 19.3. The number of ether oxygens (including phenoxy) is 3. The molecule has 0 spiro atoms. The number of esters is 1. The van der Waals surface area contributed by atoms with Crippen molar-refractivity contribution >= 4 is 44.9 Å². The lowest BCUT2D eigenvalue weighted by atomic mass is 10.0. The maximum Gasteiger partial charge on any atom is 0.387 e. The second kappa shape index (κ2) is 12.7. The molecule has 0 aliphatic heterocycles. The van der Waals surface area contributed by atoms with E-state index >= 15 is 0 Å². The van der Waals surface area contributed by atoms with E-state index in [0.717, 1.165) is 31.5 Å².